The molecule has 0 aliphatic carbocycles. The summed E-state index contributed by atoms with van der Waals surface area (Å²) in [5, 5.41) is 26.8. The summed E-state index contributed by atoms with van der Waals surface area (Å²) in [5.41, 5.74) is 1.88. The van der Waals surface area contributed by atoms with Crippen LogP contribution in [0.15, 0.2) is 64.5 Å². The third-order valence-corrected chi connectivity index (χ3v) is 4.99. The number of hydrogen-bond donors (Lipinski definition) is 2. The lowest BCUT2D eigenvalue weighted by Gasteiger charge is -2.06. The zero-order valence-corrected chi connectivity index (χ0v) is 16.3. The molecule has 1 aromatic heterocycles. The molecule has 138 valence electrons. The molecule has 0 atom stereocenters. The molecule has 0 aliphatic heterocycles. The summed E-state index contributed by atoms with van der Waals surface area (Å²) in [6.07, 6.45) is 3.17. The van der Waals surface area contributed by atoms with Gasteiger partial charge in [-0.2, -0.15) is 5.10 Å². The van der Waals surface area contributed by atoms with Gasteiger partial charge in [-0.1, -0.05) is 29.3 Å². The lowest BCUT2D eigenvalue weighted by atomic mass is 10.2. The van der Waals surface area contributed by atoms with Gasteiger partial charge in [-0.25, -0.2) is 4.68 Å². The van der Waals surface area contributed by atoms with Gasteiger partial charge in [-0.05, 0) is 30.3 Å². The molecule has 0 saturated heterocycles. The van der Waals surface area contributed by atoms with Gasteiger partial charge in [-0.15, -0.1) is 17.9 Å². The molecule has 8 heteroatoms. The van der Waals surface area contributed by atoms with Gasteiger partial charge in [0.15, 0.2) is 0 Å². The van der Waals surface area contributed by atoms with E-state index in [2.05, 4.69) is 16.7 Å². The van der Waals surface area contributed by atoms with Crippen molar-refractivity contribution in [3.05, 3.63) is 74.8 Å². The van der Waals surface area contributed by atoms with Crippen LogP contribution in [0.3, 0.4) is 0 Å². The van der Waals surface area contributed by atoms with Gasteiger partial charge in [-0.3, -0.25) is 4.99 Å². The third kappa shape index (κ3) is 4.42. The number of thiazole rings is 1. The maximum atomic E-state index is 9.96. The maximum Gasteiger partial charge on any atom is 0.206 e. The van der Waals surface area contributed by atoms with Crippen molar-refractivity contribution in [1.82, 2.24) is 4.68 Å². The van der Waals surface area contributed by atoms with E-state index in [0.29, 0.717) is 38.2 Å². The smallest absolute Gasteiger partial charge is 0.206 e. The number of rotatable bonds is 5. The minimum absolute atomic E-state index is 0.0269. The molecular weight excluding hydrogens is 405 g/mol. The summed E-state index contributed by atoms with van der Waals surface area (Å²) in [6.45, 7) is 4.11. The predicted octanol–water partition coefficient (Wildman–Crippen LogP) is 4.90. The molecule has 0 spiro atoms. The number of aromatic hydroxyl groups is 2. The van der Waals surface area contributed by atoms with Crippen molar-refractivity contribution in [2.24, 2.45) is 10.1 Å². The maximum absolute atomic E-state index is 9.96. The van der Waals surface area contributed by atoms with Crippen molar-refractivity contribution in [3.8, 4) is 22.8 Å². The topological polar surface area (TPSA) is 70.1 Å². The quantitative estimate of drug-likeness (QED) is 0.455. The number of phenolic OH excluding ortho intramolecular Hbond substituents is 2. The van der Waals surface area contributed by atoms with E-state index < -0.39 is 0 Å². The molecule has 27 heavy (non-hydrogen) atoms. The summed E-state index contributed by atoms with van der Waals surface area (Å²) >= 11 is 13.9. The average Bonchev–Trinajstić information content (AvgIpc) is 3.04. The van der Waals surface area contributed by atoms with E-state index in [1.807, 2.05) is 5.38 Å². The van der Waals surface area contributed by atoms with E-state index in [4.69, 9.17) is 23.2 Å². The van der Waals surface area contributed by atoms with Crippen LogP contribution in [0.25, 0.3) is 11.3 Å². The summed E-state index contributed by atoms with van der Waals surface area (Å²) < 4.78 is 1.62. The highest BCUT2D eigenvalue weighted by atomic mass is 35.5. The van der Waals surface area contributed by atoms with Crippen LogP contribution >= 0.6 is 34.5 Å². The van der Waals surface area contributed by atoms with Crippen LogP contribution in [-0.2, 0) is 0 Å². The third-order valence-electron chi connectivity index (χ3n) is 3.57. The zero-order chi connectivity index (χ0) is 19.4. The fourth-order valence-electron chi connectivity index (χ4n) is 2.30. The van der Waals surface area contributed by atoms with Gasteiger partial charge >= 0.3 is 0 Å². The van der Waals surface area contributed by atoms with Crippen molar-refractivity contribution in [2.75, 3.05) is 6.54 Å². The number of aromatic nitrogens is 1. The van der Waals surface area contributed by atoms with E-state index in [0.717, 1.165) is 0 Å². The van der Waals surface area contributed by atoms with Gasteiger partial charge in [0, 0.05) is 27.6 Å². The molecule has 0 fully saturated rings. The van der Waals surface area contributed by atoms with E-state index in [1.165, 1.54) is 29.7 Å². The van der Waals surface area contributed by atoms with E-state index in [9.17, 15) is 10.2 Å². The Morgan fingerprint density at radius 3 is 2.70 bits per heavy atom. The fraction of sp³-hybridized carbons (Fsp3) is 0.0526. The van der Waals surface area contributed by atoms with Gasteiger partial charge in [0.1, 0.15) is 11.5 Å². The molecule has 3 rings (SSSR count). The van der Waals surface area contributed by atoms with Gasteiger partial charge in [0.05, 0.1) is 23.5 Å². The Bertz CT molecular complexity index is 1090. The Labute approximate surface area is 169 Å². The molecule has 0 radical (unpaired) electrons. The Kier molecular flexibility index (Phi) is 6.01. The number of benzene rings is 2. The summed E-state index contributed by atoms with van der Waals surface area (Å²) in [4.78, 5) is 5.08. The van der Waals surface area contributed by atoms with E-state index in [1.54, 1.807) is 35.0 Å². The predicted molar refractivity (Wildman–Crippen MR) is 111 cm³/mol. The van der Waals surface area contributed by atoms with Gasteiger partial charge in [0.25, 0.3) is 0 Å². The molecule has 1 heterocycles. The van der Waals surface area contributed by atoms with Crippen molar-refractivity contribution in [1.29, 1.82) is 0 Å². The second-order valence-electron chi connectivity index (χ2n) is 5.46. The summed E-state index contributed by atoms with van der Waals surface area (Å²) in [5.74, 6) is -0.109. The molecule has 0 amide bonds. The van der Waals surface area contributed by atoms with E-state index in [-0.39, 0.29) is 11.5 Å². The normalized spacial score (nSPS) is 12.0. The summed E-state index contributed by atoms with van der Waals surface area (Å²) in [7, 11) is 0. The van der Waals surface area contributed by atoms with Crippen molar-refractivity contribution < 1.29 is 10.2 Å². The van der Waals surface area contributed by atoms with Crippen LogP contribution in [0.1, 0.15) is 5.56 Å². The SMILES string of the molecule is C=CCN=c1scc(-c2cc(Cl)ccc2Cl)n1N=Cc1ccc(O)cc1O. The van der Waals surface area contributed by atoms with Crippen LogP contribution in [0.2, 0.25) is 10.0 Å². The number of phenols is 2. The van der Waals surface area contributed by atoms with Gasteiger partial charge in [0.2, 0.25) is 4.80 Å². The first-order chi connectivity index (χ1) is 13.0. The molecule has 0 aliphatic rings. The first-order valence-electron chi connectivity index (χ1n) is 7.83. The second-order valence-corrected chi connectivity index (χ2v) is 7.14. The lowest BCUT2D eigenvalue weighted by molar-refractivity contribution is 0.450. The minimum atomic E-state index is -0.0819. The first-order valence-corrected chi connectivity index (χ1v) is 9.47. The number of nitrogens with zero attached hydrogens (tertiary/aromatic N) is 3. The Balaban J connectivity index is 2.14. The standard InChI is InChI=1S/C19H15Cl2N3O2S/c1-2-7-22-19-24(23-10-12-3-5-14(25)9-18(12)26)17(11-27-19)15-8-13(20)4-6-16(15)21/h2-6,8-11,25-26H,1,7H2. The zero-order valence-electron chi connectivity index (χ0n) is 14.0. The van der Waals surface area contributed by atoms with Crippen molar-refractivity contribution in [3.63, 3.8) is 0 Å². The molecule has 5 nitrogen and oxygen atoms in total. The second kappa shape index (κ2) is 8.43. The minimum Gasteiger partial charge on any atom is -0.508 e. The van der Waals surface area contributed by atoms with Crippen molar-refractivity contribution >= 4 is 40.8 Å². The van der Waals surface area contributed by atoms with E-state index >= 15 is 0 Å². The monoisotopic (exact) mass is 419 g/mol. The number of hydrogen-bond acceptors (Lipinski definition) is 5. The highest BCUT2D eigenvalue weighted by Crippen LogP contribution is 2.31. The Morgan fingerprint density at radius 1 is 1.15 bits per heavy atom. The molecule has 2 N–H and O–H groups in total. The first kappa shape index (κ1) is 19.2. The molecule has 0 unspecified atom stereocenters. The molecule has 2 aromatic carbocycles. The summed E-state index contributed by atoms with van der Waals surface area (Å²) in [6, 6.07) is 9.47. The van der Waals surface area contributed by atoms with Crippen LogP contribution in [0.4, 0.5) is 0 Å². The Hall–Kier alpha value is -2.54. The van der Waals surface area contributed by atoms with Crippen LogP contribution in [-0.4, -0.2) is 27.6 Å². The highest BCUT2D eigenvalue weighted by molar-refractivity contribution is 7.07. The molecule has 0 bridgehead atoms. The average molecular weight is 420 g/mol. The van der Waals surface area contributed by atoms with Crippen LogP contribution < -0.4 is 4.80 Å². The molecule has 3 aromatic rings. The van der Waals surface area contributed by atoms with Crippen molar-refractivity contribution in [2.45, 2.75) is 0 Å². The highest BCUT2D eigenvalue weighted by Gasteiger charge is 2.12. The fourth-order valence-corrected chi connectivity index (χ4v) is 3.53. The number of halogens is 2. The lowest BCUT2D eigenvalue weighted by Crippen LogP contribution is -2.12. The molecule has 0 saturated carbocycles. The largest absolute Gasteiger partial charge is 0.508 e. The van der Waals surface area contributed by atoms with Crippen LogP contribution in [0.5, 0.6) is 11.5 Å². The van der Waals surface area contributed by atoms with Crippen LogP contribution in [0, 0.1) is 0 Å². The molecular formula is C19H15Cl2N3O2S. The Morgan fingerprint density at radius 2 is 1.96 bits per heavy atom. The van der Waals surface area contributed by atoms with Gasteiger partial charge < -0.3 is 10.2 Å².